The van der Waals surface area contributed by atoms with Crippen molar-refractivity contribution in [2.45, 2.75) is 19.4 Å². The van der Waals surface area contributed by atoms with Crippen LogP contribution in [0, 0.1) is 18.8 Å². The van der Waals surface area contributed by atoms with Crippen LogP contribution in [0.25, 0.3) is 10.4 Å². The van der Waals surface area contributed by atoms with Crippen molar-refractivity contribution in [2.24, 2.45) is 11.8 Å². The molecule has 3 heterocycles. The highest BCUT2D eigenvalue weighted by Crippen LogP contribution is 2.50. The Morgan fingerprint density at radius 2 is 2.03 bits per heavy atom. The van der Waals surface area contributed by atoms with Crippen LogP contribution in [0.2, 0.25) is 5.02 Å². The molecule has 7 nitrogen and oxygen atoms in total. The van der Waals surface area contributed by atoms with E-state index in [9.17, 15) is 9.59 Å². The molecular weight excluding hydrogens is 486 g/mol. The van der Waals surface area contributed by atoms with Gasteiger partial charge >= 0.3 is 0 Å². The molecule has 1 saturated carbocycles. The minimum Gasteiger partial charge on any atom is -0.486 e. The van der Waals surface area contributed by atoms with Crippen molar-refractivity contribution in [3.8, 4) is 21.9 Å². The van der Waals surface area contributed by atoms with Gasteiger partial charge in [-0.1, -0.05) is 29.8 Å². The number of piperidine rings is 1. The first-order valence-electron chi connectivity index (χ1n) is 11.7. The number of ether oxygens (including phenoxy) is 2. The molecule has 1 aliphatic carbocycles. The van der Waals surface area contributed by atoms with E-state index < -0.39 is 0 Å². The highest BCUT2D eigenvalue weighted by Gasteiger charge is 2.54. The van der Waals surface area contributed by atoms with Crippen molar-refractivity contribution in [3.05, 3.63) is 63.8 Å². The second-order valence-electron chi connectivity index (χ2n) is 9.15. The molecule has 3 aliphatic rings. The molecule has 1 saturated heterocycles. The average Bonchev–Trinajstić information content (AvgIpc) is 3.38. The van der Waals surface area contributed by atoms with Crippen LogP contribution in [0.1, 0.15) is 32.3 Å². The number of likely N-dealkylation sites (tertiary alicyclic amines) is 1. The standard InChI is InChI=1S/C26H24ClN3O4S/c1-14-29-22(24(35-14)15-4-2-5-17(27)10-15)26(32)30-13-16-11-19(16)20(30)12-28-25(31)18-6-3-7-21-23(18)34-9-8-33-21/h2-7,10,16,19-20H,8-9,11-13H2,1H3,(H,28,31)/t16-,19-,20-/m1/s1. The van der Waals surface area contributed by atoms with Crippen LogP contribution >= 0.6 is 22.9 Å². The summed E-state index contributed by atoms with van der Waals surface area (Å²) in [6.07, 6.45) is 1.08. The SMILES string of the molecule is Cc1nc(C(=O)N2C[C@H]3C[C@H]3[C@H]2CNC(=O)c2cccc3c2OCCO3)c(-c2cccc(Cl)c2)s1. The second kappa shape index (κ2) is 8.84. The van der Waals surface area contributed by atoms with E-state index >= 15 is 0 Å². The summed E-state index contributed by atoms with van der Waals surface area (Å²) >= 11 is 7.70. The predicted molar refractivity (Wildman–Crippen MR) is 133 cm³/mol. The third-order valence-corrected chi connectivity index (χ3v) is 8.12. The monoisotopic (exact) mass is 509 g/mol. The predicted octanol–water partition coefficient (Wildman–Crippen LogP) is 4.43. The molecule has 6 rings (SSSR count). The van der Waals surface area contributed by atoms with E-state index in [1.807, 2.05) is 36.1 Å². The Hall–Kier alpha value is -3.10. The van der Waals surface area contributed by atoms with Gasteiger partial charge in [0, 0.05) is 18.1 Å². The maximum atomic E-state index is 13.7. The van der Waals surface area contributed by atoms with E-state index in [4.69, 9.17) is 21.1 Å². The molecule has 3 aromatic rings. The zero-order valence-electron chi connectivity index (χ0n) is 19.1. The Morgan fingerprint density at radius 1 is 1.20 bits per heavy atom. The Labute approximate surface area is 212 Å². The number of aromatic nitrogens is 1. The number of fused-ring (bicyclic) bond motifs is 2. The maximum Gasteiger partial charge on any atom is 0.274 e. The first-order valence-corrected chi connectivity index (χ1v) is 12.9. The molecule has 0 radical (unpaired) electrons. The van der Waals surface area contributed by atoms with E-state index in [0.29, 0.717) is 65.9 Å². The van der Waals surface area contributed by atoms with Gasteiger partial charge in [-0.25, -0.2) is 4.98 Å². The lowest BCUT2D eigenvalue weighted by molar-refractivity contribution is 0.0690. The lowest BCUT2D eigenvalue weighted by Gasteiger charge is -2.28. The molecule has 3 atom stereocenters. The van der Waals surface area contributed by atoms with E-state index in [2.05, 4.69) is 10.3 Å². The average molecular weight is 510 g/mol. The Morgan fingerprint density at radius 3 is 2.89 bits per heavy atom. The van der Waals surface area contributed by atoms with Gasteiger partial charge in [-0.05, 0) is 55.0 Å². The zero-order valence-corrected chi connectivity index (χ0v) is 20.7. The minimum atomic E-state index is -0.229. The topological polar surface area (TPSA) is 80.8 Å². The number of hydrogen-bond acceptors (Lipinski definition) is 6. The van der Waals surface area contributed by atoms with Crippen LogP contribution in [-0.4, -0.2) is 54.0 Å². The number of nitrogens with zero attached hydrogens (tertiary/aromatic N) is 2. The van der Waals surface area contributed by atoms with Gasteiger partial charge in [0.15, 0.2) is 11.5 Å². The first kappa shape index (κ1) is 22.4. The summed E-state index contributed by atoms with van der Waals surface area (Å²) in [5, 5.41) is 4.49. The van der Waals surface area contributed by atoms with Gasteiger partial charge < -0.3 is 19.7 Å². The van der Waals surface area contributed by atoms with Gasteiger partial charge in [-0.15, -0.1) is 11.3 Å². The summed E-state index contributed by atoms with van der Waals surface area (Å²) in [7, 11) is 0. The molecule has 9 heteroatoms. The molecule has 0 bridgehead atoms. The number of aryl methyl sites for hydroxylation is 1. The number of hydrogen-bond donors (Lipinski definition) is 1. The van der Waals surface area contributed by atoms with Crippen molar-refractivity contribution in [2.75, 3.05) is 26.3 Å². The van der Waals surface area contributed by atoms with E-state index in [1.54, 1.807) is 18.2 Å². The molecule has 2 aromatic carbocycles. The molecule has 0 spiro atoms. The second-order valence-corrected chi connectivity index (χ2v) is 10.8. The number of amides is 2. The molecule has 1 aromatic heterocycles. The lowest BCUT2D eigenvalue weighted by atomic mass is 10.1. The molecule has 0 unspecified atom stereocenters. The van der Waals surface area contributed by atoms with Gasteiger partial charge in [0.05, 0.1) is 21.5 Å². The number of carbonyl (C=O) groups excluding carboxylic acids is 2. The smallest absolute Gasteiger partial charge is 0.274 e. The Balaban J connectivity index is 1.21. The van der Waals surface area contributed by atoms with Crippen molar-refractivity contribution in [1.29, 1.82) is 0 Å². The fraction of sp³-hybridized carbons (Fsp3) is 0.346. The quantitative estimate of drug-likeness (QED) is 0.550. The number of carbonyl (C=O) groups is 2. The normalized spacial score (nSPS) is 22.0. The highest BCUT2D eigenvalue weighted by molar-refractivity contribution is 7.15. The third-order valence-electron chi connectivity index (χ3n) is 6.87. The molecule has 1 N–H and O–H groups in total. The number of nitrogens with one attached hydrogen (secondary N) is 1. The Bertz CT molecular complexity index is 1330. The molecule has 2 aliphatic heterocycles. The first-order chi connectivity index (χ1) is 17.0. The summed E-state index contributed by atoms with van der Waals surface area (Å²) < 4.78 is 11.3. The van der Waals surface area contributed by atoms with Crippen LogP contribution in [0.15, 0.2) is 42.5 Å². The molecular formula is C26H24ClN3O4S. The number of rotatable bonds is 5. The summed E-state index contributed by atoms with van der Waals surface area (Å²) in [5.74, 6) is 1.62. The number of thiazole rings is 1. The third kappa shape index (κ3) is 4.15. The number of halogens is 1. The van der Waals surface area contributed by atoms with Crippen LogP contribution in [0.4, 0.5) is 0 Å². The van der Waals surface area contributed by atoms with Crippen LogP contribution in [0.5, 0.6) is 11.5 Å². The van der Waals surface area contributed by atoms with E-state index in [0.717, 1.165) is 21.9 Å². The number of benzene rings is 2. The van der Waals surface area contributed by atoms with Gasteiger partial charge in [-0.2, -0.15) is 0 Å². The van der Waals surface area contributed by atoms with Crippen molar-refractivity contribution >= 4 is 34.8 Å². The maximum absolute atomic E-state index is 13.7. The van der Waals surface area contributed by atoms with Crippen molar-refractivity contribution in [1.82, 2.24) is 15.2 Å². The number of para-hydroxylation sites is 1. The molecule has 2 amide bonds. The summed E-state index contributed by atoms with van der Waals surface area (Å²) in [6, 6.07) is 12.7. The summed E-state index contributed by atoms with van der Waals surface area (Å²) in [6.45, 7) is 3.85. The van der Waals surface area contributed by atoms with Crippen molar-refractivity contribution < 1.29 is 19.1 Å². The van der Waals surface area contributed by atoms with Gasteiger partial charge in [0.1, 0.15) is 18.9 Å². The zero-order chi connectivity index (χ0) is 24.1. The molecule has 35 heavy (non-hydrogen) atoms. The Kier molecular flexibility index (Phi) is 5.65. The largest absolute Gasteiger partial charge is 0.486 e. The van der Waals surface area contributed by atoms with Crippen LogP contribution < -0.4 is 14.8 Å². The van der Waals surface area contributed by atoms with E-state index in [-0.39, 0.29) is 17.9 Å². The summed E-state index contributed by atoms with van der Waals surface area (Å²) in [5.41, 5.74) is 1.79. The fourth-order valence-electron chi connectivity index (χ4n) is 5.14. The molecule has 2 fully saturated rings. The summed E-state index contributed by atoms with van der Waals surface area (Å²) in [4.78, 5) is 34.1. The van der Waals surface area contributed by atoms with Crippen molar-refractivity contribution in [3.63, 3.8) is 0 Å². The highest BCUT2D eigenvalue weighted by atomic mass is 35.5. The minimum absolute atomic E-state index is 0.0672. The lowest BCUT2D eigenvalue weighted by Crippen LogP contribution is -2.45. The van der Waals surface area contributed by atoms with Crippen LogP contribution in [0.3, 0.4) is 0 Å². The van der Waals surface area contributed by atoms with E-state index in [1.165, 1.54) is 11.3 Å². The van der Waals surface area contributed by atoms with Gasteiger partial charge in [0.2, 0.25) is 0 Å². The van der Waals surface area contributed by atoms with Gasteiger partial charge in [0.25, 0.3) is 11.8 Å². The van der Waals surface area contributed by atoms with Crippen LogP contribution in [-0.2, 0) is 0 Å². The molecule has 180 valence electrons. The fourth-order valence-corrected chi connectivity index (χ4v) is 6.24. The van der Waals surface area contributed by atoms with Gasteiger partial charge in [-0.3, -0.25) is 9.59 Å².